The van der Waals surface area contributed by atoms with Gasteiger partial charge in [-0.2, -0.15) is 0 Å². The molecule has 1 rings (SSSR count). The number of alkyl halides is 2. The zero-order chi connectivity index (χ0) is 10.9. The van der Waals surface area contributed by atoms with Crippen molar-refractivity contribution in [3.63, 3.8) is 0 Å². The fourth-order valence-electron chi connectivity index (χ4n) is 1.05. The molecule has 0 radical (unpaired) electrons. The number of ketones is 1. The van der Waals surface area contributed by atoms with Crippen LogP contribution >= 0.6 is 0 Å². The molecule has 14 heavy (non-hydrogen) atoms. The third kappa shape index (κ3) is 1.81. The Hall–Kier alpha value is -1.65. The minimum Gasteiger partial charge on any atom is -0.505 e. The number of anilines is 1. The number of Topliss-reactive ketones (excluding diaryl/α,β-unsaturated/α-hetero) is 1. The minimum atomic E-state index is -2.85. The molecule has 76 valence electrons. The predicted octanol–water partition coefficient (Wildman–Crippen LogP) is 2.11. The van der Waals surface area contributed by atoms with Gasteiger partial charge in [0.1, 0.15) is 5.75 Å². The first kappa shape index (κ1) is 10.4. The number of nitrogen functional groups attached to an aromatic ring is 1. The molecule has 0 aliphatic heterocycles. The average Bonchev–Trinajstić information content (AvgIpc) is 2.08. The van der Waals surface area contributed by atoms with Gasteiger partial charge in [0.15, 0.2) is 5.78 Å². The molecular weight excluding hydrogens is 192 g/mol. The third-order valence-electron chi connectivity index (χ3n) is 1.81. The van der Waals surface area contributed by atoms with E-state index in [1.165, 1.54) is 13.0 Å². The number of phenolic OH excluding ortho intramolecular Hbond substituents is 1. The van der Waals surface area contributed by atoms with Gasteiger partial charge >= 0.3 is 0 Å². The van der Waals surface area contributed by atoms with Crippen LogP contribution in [-0.4, -0.2) is 10.9 Å². The first-order valence-electron chi connectivity index (χ1n) is 3.85. The van der Waals surface area contributed by atoms with E-state index in [9.17, 15) is 13.6 Å². The monoisotopic (exact) mass is 201 g/mol. The Morgan fingerprint density at radius 2 is 2.07 bits per heavy atom. The molecular formula is C9H9F2NO2. The summed E-state index contributed by atoms with van der Waals surface area (Å²) < 4.78 is 24.6. The van der Waals surface area contributed by atoms with Crippen molar-refractivity contribution in [2.45, 2.75) is 13.3 Å². The van der Waals surface area contributed by atoms with E-state index in [2.05, 4.69) is 0 Å². The Morgan fingerprint density at radius 3 is 2.50 bits per heavy atom. The number of rotatable bonds is 2. The minimum absolute atomic E-state index is 0.0654. The van der Waals surface area contributed by atoms with Crippen LogP contribution in [0.25, 0.3) is 0 Å². The molecule has 0 saturated heterocycles. The highest BCUT2D eigenvalue weighted by atomic mass is 19.3. The van der Waals surface area contributed by atoms with Crippen molar-refractivity contribution < 1.29 is 18.7 Å². The van der Waals surface area contributed by atoms with Crippen molar-refractivity contribution in [2.75, 3.05) is 5.73 Å². The number of aromatic hydroxyl groups is 1. The van der Waals surface area contributed by atoms with E-state index in [-0.39, 0.29) is 17.0 Å². The Kier molecular flexibility index (Phi) is 2.69. The van der Waals surface area contributed by atoms with Gasteiger partial charge in [0.2, 0.25) is 0 Å². The number of carbonyl (C=O) groups excluding carboxylic acids is 1. The van der Waals surface area contributed by atoms with Crippen molar-refractivity contribution in [3.8, 4) is 5.75 Å². The van der Waals surface area contributed by atoms with Crippen LogP contribution < -0.4 is 5.73 Å². The van der Waals surface area contributed by atoms with E-state index in [1.54, 1.807) is 0 Å². The molecule has 0 heterocycles. The van der Waals surface area contributed by atoms with Crippen LogP contribution in [0.4, 0.5) is 14.5 Å². The largest absolute Gasteiger partial charge is 0.505 e. The Balaban J connectivity index is 3.35. The third-order valence-corrected chi connectivity index (χ3v) is 1.81. The lowest BCUT2D eigenvalue weighted by atomic mass is 10.1. The van der Waals surface area contributed by atoms with Crippen LogP contribution in [0.15, 0.2) is 12.1 Å². The van der Waals surface area contributed by atoms with Gasteiger partial charge in [-0.3, -0.25) is 4.79 Å². The SMILES string of the molecule is CC(=O)c1cc(N)c(O)c(C(F)F)c1. The second kappa shape index (κ2) is 3.61. The molecule has 0 unspecified atom stereocenters. The highest BCUT2D eigenvalue weighted by Gasteiger charge is 2.17. The summed E-state index contributed by atoms with van der Waals surface area (Å²) in [6.45, 7) is 1.24. The highest BCUT2D eigenvalue weighted by Crippen LogP contribution is 2.34. The lowest BCUT2D eigenvalue weighted by Crippen LogP contribution is -1.99. The fourth-order valence-corrected chi connectivity index (χ4v) is 1.05. The zero-order valence-electron chi connectivity index (χ0n) is 7.42. The summed E-state index contributed by atoms with van der Waals surface area (Å²) in [7, 11) is 0. The van der Waals surface area contributed by atoms with Crippen molar-refractivity contribution in [1.82, 2.24) is 0 Å². The van der Waals surface area contributed by atoms with E-state index < -0.39 is 17.7 Å². The summed E-state index contributed by atoms with van der Waals surface area (Å²) in [5.41, 5.74) is 4.50. The summed E-state index contributed by atoms with van der Waals surface area (Å²) in [5.74, 6) is -1.04. The van der Waals surface area contributed by atoms with Crippen LogP contribution in [0.5, 0.6) is 5.75 Å². The molecule has 1 aromatic rings. The normalized spacial score (nSPS) is 10.6. The van der Waals surface area contributed by atoms with E-state index in [0.717, 1.165) is 6.07 Å². The number of carbonyl (C=O) groups is 1. The van der Waals surface area contributed by atoms with Crippen molar-refractivity contribution in [2.24, 2.45) is 0 Å². The van der Waals surface area contributed by atoms with E-state index in [0.29, 0.717) is 0 Å². The first-order valence-corrected chi connectivity index (χ1v) is 3.85. The molecule has 0 atom stereocenters. The van der Waals surface area contributed by atoms with Gasteiger partial charge in [-0.1, -0.05) is 0 Å². The van der Waals surface area contributed by atoms with Crippen LogP contribution in [0, 0.1) is 0 Å². The number of hydrogen-bond donors (Lipinski definition) is 2. The first-order chi connectivity index (χ1) is 6.43. The smallest absolute Gasteiger partial charge is 0.267 e. The van der Waals surface area contributed by atoms with E-state index >= 15 is 0 Å². The van der Waals surface area contributed by atoms with Gasteiger partial charge in [-0.05, 0) is 19.1 Å². The Labute approximate surface area is 79.2 Å². The molecule has 0 aliphatic rings. The second-order valence-electron chi connectivity index (χ2n) is 2.86. The average molecular weight is 201 g/mol. The summed E-state index contributed by atoms with van der Waals surface area (Å²) in [6, 6.07) is 2.11. The summed E-state index contributed by atoms with van der Waals surface area (Å²) in [5, 5.41) is 9.16. The zero-order valence-corrected chi connectivity index (χ0v) is 7.42. The van der Waals surface area contributed by atoms with Gasteiger partial charge in [-0.15, -0.1) is 0 Å². The van der Waals surface area contributed by atoms with Gasteiger partial charge in [0.05, 0.1) is 11.3 Å². The lowest BCUT2D eigenvalue weighted by molar-refractivity contribution is 0.101. The maximum absolute atomic E-state index is 12.3. The molecule has 1 aromatic carbocycles. The number of hydrogen-bond acceptors (Lipinski definition) is 3. The lowest BCUT2D eigenvalue weighted by Gasteiger charge is -2.07. The van der Waals surface area contributed by atoms with Crippen LogP contribution in [0.1, 0.15) is 29.3 Å². The molecule has 5 heteroatoms. The molecule has 3 N–H and O–H groups in total. The summed E-state index contributed by atoms with van der Waals surface area (Å²) in [6.07, 6.45) is -2.85. The summed E-state index contributed by atoms with van der Waals surface area (Å²) in [4.78, 5) is 10.9. The van der Waals surface area contributed by atoms with Gasteiger partial charge in [0.25, 0.3) is 6.43 Å². The number of nitrogens with two attached hydrogens (primary N) is 1. The fraction of sp³-hybridized carbons (Fsp3) is 0.222. The molecule has 0 aliphatic carbocycles. The molecule has 0 fully saturated rings. The standard InChI is InChI=1S/C9H9F2NO2/c1-4(13)5-2-6(9(10)11)8(14)7(12)3-5/h2-3,9,14H,12H2,1H3. The topological polar surface area (TPSA) is 63.3 Å². The second-order valence-corrected chi connectivity index (χ2v) is 2.86. The maximum atomic E-state index is 12.3. The van der Waals surface area contributed by atoms with Crippen LogP contribution in [0.2, 0.25) is 0 Å². The molecule has 0 bridgehead atoms. The van der Waals surface area contributed by atoms with E-state index in [1.807, 2.05) is 0 Å². The van der Waals surface area contributed by atoms with Crippen molar-refractivity contribution >= 4 is 11.5 Å². The number of halogens is 2. The molecule has 0 aromatic heterocycles. The Bertz CT molecular complexity index is 377. The van der Waals surface area contributed by atoms with Gasteiger partial charge in [-0.25, -0.2) is 8.78 Å². The molecule has 0 amide bonds. The number of benzene rings is 1. The van der Waals surface area contributed by atoms with Crippen molar-refractivity contribution in [1.29, 1.82) is 0 Å². The maximum Gasteiger partial charge on any atom is 0.267 e. The molecule has 0 saturated carbocycles. The quantitative estimate of drug-likeness (QED) is 0.437. The van der Waals surface area contributed by atoms with Gasteiger partial charge in [0, 0.05) is 5.56 Å². The predicted molar refractivity (Wildman–Crippen MR) is 47.5 cm³/mol. The number of phenols is 1. The van der Waals surface area contributed by atoms with Gasteiger partial charge < -0.3 is 10.8 Å². The van der Waals surface area contributed by atoms with Crippen LogP contribution in [0.3, 0.4) is 0 Å². The highest BCUT2D eigenvalue weighted by molar-refractivity contribution is 5.95. The Morgan fingerprint density at radius 1 is 1.50 bits per heavy atom. The summed E-state index contributed by atoms with van der Waals surface area (Å²) >= 11 is 0. The molecule has 3 nitrogen and oxygen atoms in total. The van der Waals surface area contributed by atoms with E-state index in [4.69, 9.17) is 10.8 Å². The van der Waals surface area contributed by atoms with Crippen LogP contribution in [-0.2, 0) is 0 Å². The molecule has 0 spiro atoms. The van der Waals surface area contributed by atoms with Crippen molar-refractivity contribution in [3.05, 3.63) is 23.3 Å².